The maximum Gasteiger partial charge on any atom is 0.254 e. The number of aromatic nitrogens is 2. The lowest BCUT2D eigenvalue weighted by molar-refractivity contribution is 0.0999. The molecule has 11 heteroatoms. The van der Waals surface area contributed by atoms with Crippen molar-refractivity contribution in [2.24, 2.45) is 5.73 Å². The third-order valence-electron chi connectivity index (χ3n) is 4.20. The lowest BCUT2D eigenvalue weighted by atomic mass is 10.1. The lowest BCUT2D eigenvalue weighted by Crippen LogP contribution is -2.27. The van der Waals surface area contributed by atoms with Gasteiger partial charge in [-0.05, 0) is 6.07 Å². The summed E-state index contributed by atoms with van der Waals surface area (Å²) in [6, 6.07) is 1.54. The van der Waals surface area contributed by atoms with Crippen LogP contribution < -0.4 is 16.1 Å². The van der Waals surface area contributed by atoms with E-state index in [1.165, 1.54) is 11.9 Å². The van der Waals surface area contributed by atoms with Crippen LogP contribution in [-0.2, 0) is 0 Å². The largest absolute Gasteiger partial charge is 0.395 e. The maximum absolute atomic E-state index is 14.5. The molecule has 29 heavy (non-hydrogen) atoms. The van der Waals surface area contributed by atoms with Gasteiger partial charge in [-0.2, -0.15) is 0 Å². The average Bonchev–Trinajstić information content (AvgIpc) is 2.62. The minimum absolute atomic E-state index is 0.0295. The zero-order valence-electron chi connectivity index (χ0n) is 14.9. The van der Waals surface area contributed by atoms with Crippen LogP contribution in [-0.4, -0.2) is 40.8 Å². The molecule has 3 N–H and O–H groups in total. The SMILES string of the molecule is CN(CCO)c1nc2c(cc1F)c(=O)c(C(N)=O)cn2-c1c(F)cc(F)cc1F. The normalized spacial score (nSPS) is 11.1. The molecule has 0 saturated heterocycles. The van der Waals surface area contributed by atoms with Crippen LogP contribution >= 0.6 is 0 Å². The van der Waals surface area contributed by atoms with Gasteiger partial charge in [-0.15, -0.1) is 0 Å². The maximum atomic E-state index is 14.5. The van der Waals surface area contributed by atoms with Crippen LogP contribution in [0.25, 0.3) is 16.7 Å². The quantitative estimate of drug-likeness (QED) is 0.621. The topological polar surface area (TPSA) is 101 Å². The minimum Gasteiger partial charge on any atom is -0.395 e. The number of rotatable bonds is 5. The highest BCUT2D eigenvalue weighted by Gasteiger charge is 2.22. The summed E-state index contributed by atoms with van der Waals surface area (Å²) in [6.45, 7) is -0.372. The molecule has 0 saturated carbocycles. The highest BCUT2D eigenvalue weighted by Crippen LogP contribution is 2.26. The second-order valence-electron chi connectivity index (χ2n) is 6.13. The molecular weight excluding hydrogens is 396 g/mol. The van der Waals surface area contributed by atoms with Crippen molar-refractivity contribution in [2.45, 2.75) is 0 Å². The fourth-order valence-electron chi connectivity index (χ4n) is 2.85. The molecule has 0 radical (unpaired) electrons. The van der Waals surface area contributed by atoms with E-state index in [9.17, 15) is 27.2 Å². The number of aliphatic hydroxyl groups excluding tert-OH is 1. The second-order valence-corrected chi connectivity index (χ2v) is 6.13. The first kappa shape index (κ1) is 20.3. The van der Waals surface area contributed by atoms with Gasteiger partial charge in [-0.25, -0.2) is 22.5 Å². The van der Waals surface area contributed by atoms with Crippen molar-refractivity contribution in [1.82, 2.24) is 9.55 Å². The molecule has 0 spiro atoms. The number of amides is 1. The predicted molar refractivity (Wildman–Crippen MR) is 96.0 cm³/mol. The molecule has 0 aliphatic heterocycles. The molecule has 2 aromatic heterocycles. The monoisotopic (exact) mass is 410 g/mol. The van der Waals surface area contributed by atoms with Crippen molar-refractivity contribution in [2.75, 3.05) is 25.1 Å². The van der Waals surface area contributed by atoms with Crippen molar-refractivity contribution < 1.29 is 27.5 Å². The molecule has 7 nitrogen and oxygen atoms in total. The molecule has 2 heterocycles. The number of hydrogen-bond donors (Lipinski definition) is 2. The number of nitrogens with two attached hydrogens (primary N) is 1. The number of pyridine rings is 2. The number of halogens is 4. The zero-order chi connectivity index (χ0) is 21.5. The fraction of sp³-hybridized carbons (Fsp3) is 0.167. The van der Waals surface area contributed by atoms with Crippen LogP contribution in [0.4, 0.5) is 23.4 Å². The molecule has 0 aliphatic rings. The fourth-order valence-corrected chi connectivity index (χ4v) is 2.85. The number of carbonyl (C=O) groups excluding carboxylic acids is 1. The van der Waals surface area contributed by atoms with Crippen LogP contribution in [0, 0.1) is 23.3 Å². The van der Waals surface area contributed by atoms with Crippen molar-refractivity contribution in [3.05, 3.63) is 63.5 Å². The first-order valence-electron chi connectivity index (χ1n) is 8.18. The van der Waals surface area contributed by atoms with E-state index in [4.69, 9.17) is 10.8 Å². The Morgan fingerprint density at radius 3 is 2.34 bits per heavy atom. The number of benzene rings is 1. The summed E-state index contributed by atoms with van der Waals surface area (Å²) in [7, 11) is 1.40. The van der Waals surface area contributed by atoms with E-state index in [0.29, 0.717) is 16.7 Å². The van der Waals surface area contributed by atoms with Gasteiger partial charge in [0, 0.05) is 31.9 Å². The van der Waals surface area contributed by atoms with Crippen molar-refractivity contribution in [3.8, 4) is 5.69 Å². The van der Waals surface area contributed by atoms with E-state index >= 15 is 0 Å². The van der Waals surface area contributed by atoms with E-state index in [-0.39, 0.29) is 19.0 Å². The number of aliphatic hydroxyl groups is 1. The summed E-state index contributed by atoms with van der Waals surface area (Å²) in [6.07, 6.45) is 0.757. The van der Waals surface area contributed by atoms with E-state index in [1.807, 2.05) is 0 Å². The summed E-state index contributed by atoms with van der Waals surface area (Å²) in [5.74, 6) is -6.39. The van der Waals surface area contributed by atoms with Gasteiger partial charge >= 0.3 is 0 Å². The Labute approximate surface area is 160 Å². The first-order chi connectivity index (χ1) is 13.6. The number of fused-ring (bicyclic) bond motifs is 1. The van der Waals surface area contributed by atoms with E-state index < -0.39 is 56.9 Å². The molecular formula is C18H14F4N4O3. The van der Waals surface area contributed by atoms with Gasteiger partial charge in [0.2, 0.25) is 5.43 Å². The van der Waals surface area contributed by atoms with Crippen LogP contribution in [0.1, 0.15) is 10.4 Å². The number of primary amides is 1. The summed E-state index contributed by atoms with van der Waals surface area (Å²) < 4.78 is 57.3. The third kappa shape index (κ3) is 3.51. The molecule has 3 rings (SSSR count). The Kier molecular flexibility index (Phi) is 5.25. The Morgan fingerprint density at radius 1 is 1.17 bits per heavy atom. The van der Waals surface area contributed by atoms with Gasteiger partial charge in [0.25, 0.3) is 5.91 Å². The molecule has 3 aromatic rings. The van der Waals surface area contributed by atoms with Gasteiger partial charge in [0.15, 0.2) is 28.9 Å². The second kappa shape index (κ2) is 7.51. The Balaban J connectivity index is 2.48. The average molecular weight is 410 g/mol. The van der Waals surface area contributed by atoms with Gasteiger partial charge in [-0.1, -0.05) is 0 Å². The third-order valence-corrected chi connectivity index (χ3v) is 4.20. The summed E-state index contributed by atoms with van der Waals surface area (Å²) in [5.41, 5.74) is 2.26. The van der Waals surface area contributed by atoms with Crippen molar-refractivity contribution >= 4 is 22.8 Å². The van der Waals surface area contributed by atoms with Crippen molar-refractivity contribution in [1.29, 1.82) is 0 Å². The molecule has 0 aliphatic carbocycles. The van der Waals surface area contributed by atoms with Gasteiger partial charge in [-0.3, -0.25) is 14.2 Å². The van der Waals surface area contributed by atoms with Gasteiger partial charge in [0.05, 0.1) is 12.0 Å². The number of hydrogen-bond acceptors (Lipinski definition) is 5. The van der Waals surface area contributed by atoms with Crippen LogP contribution in [0.2, 0.25) is 0 Å². The van der Waals surface area contributed by atoms with Gasteiger partial charge in [0.1, 0.15) is 17.1 Å². The predicted octanol–water partition coefficient (Wildman–Crippen LogP) is 1.47. The lowest BCUT2D eigenvalue weighted by Gasteiger charge is -2.20. The summed E-state index contributed by atoms with van der Waals surface area (Å²) in [4.78, 5) is 29.3. The molecule has 152 valence electrons. The standard InChI is InChI=1S/C18H14F4N4O3/c1-25(2-3-27)18-13(22)6-9-15(28)10(16(23)29)7-26(17(9)24-18)14-11(20)4-8(19)5-12(14)21/h4-7,27H,2-3H2,1H3,(H2,23,29). The Bertz CT molecular complexity index is 1170. The van der Waals surface area contributed by atoms with E-state index in [0.717, 1.165) is 12.3 Å². The van der Waals surface area contributed by atoms with E-state index in [1.54, 1.807) is 0 Å². The number of carbonyl (C=O) groups is 1. The van der Waals surface area contributed by atoms with Gasteiger partial charge < -0.3 is 15.7 Å². The molecule has 1 amide bonds. The van der Waals surface area contributed by atoms with E-state index in [2.05, 4.69) is 4.98 Å². The Hall–Kier alpha value is -3.47. The smallest absolute Gasteiger partial charge is 0.254 e. The van der Waals surface area contributed by atoms with Crippen LogP contribution in [0.5, 0.6) is 0 Å². The van der Waals surface area contributed by atoms with Crippen LogP contribution in [0.15, 0.2) is 29.2 Å². The summed E-state index contributed by atoms with van der Waals surface area (Å²) >= 11 is 0. The minimum atomic E-state index is -1.35. The van der Waals surface area contributed by atoms with Crippen molar-refractivity contribution in [3.63, 3.8) is 0 Å². The Morgan fingerprint density at radius 2 is 1.79 bits per heavy atom. The zero-order valence-corrected chi connectivity index (χ0v) is 14.9. The number of nitrogens with zero attached hydrogens (tertiary/aromatic N) is 3. The molecule has 0 atom stereocenters. The number of likely N-dealkylation sites (N-methyl/N-ethyl adjacent to an activating group) is 1. The summed E-state index contributed by atoms with van der Waals surface area (Å²) in [5, 5.41) is 8.57. The highest BCUT2D eigenvalue weighted by molar-refractivity contribution is 5.96. The van der Waals surface area contributed by atoms with Crippen LogP contribution in [0.3, 0.4) is 0 Å². The first-order valence-corrected chi connectivity index (χ1v) is 8.18. The molecule has 1 aromatic carbocycles. The molecule has 0 bridgehead atoms. The number of anilines is 1. The highest BCUT2D eigenvalue weighted by atomic mass is 19.1. The molecule has 0 unspecified atom stereocenters. The molecule has 0 fully saturated rings.